The second-order valence-corrected chi connectivity index (χ2v) is 3.04. The molecule has 72 valence electrons. The zero-order valence-corrected chi connectivity index (χ0v) is 8.36. The molecule has 0 aliphatic rings. The highest BCUT2D eigenvalue weighted by Crippen LogP contribution is 2.20. The average molecular weight is 180 g/mol. The number of rotatable bonds is 4. The molecule has 0 heterocycles. The molecule has 0 spiro atoms. The molecule has 0 amide bonds. The Morgan fingerprint density at radius 2 is 1.54 bits per heavy atom. The lowest BCUT2D eigenvalue weighted by Crippen LogP contribution is -2.20. The summed E-state index contributed by atoms with van der Waals surface area (Å²) >= 11 is 0. The van der Waals surface area contributed by atoms with Crippen LogP contribution in [0.2, 0.25) is 0 Å². The van der Waals surface area contributed by atoms with Gasteiger partial charge in [-0.3, -0.25) is 0 Å². The van der Waals surface area contributed by atoms with E-state index < -0.39 is 0 Å². The van der Waals surface area contributed by atoms with Crippen molar-refractivity contribution in [3.05, 3.63) is 35.9 Å². The van der Waals surface area contributed by atoms with Crippen molar-refractivity contribution in [1.82, 2.24) is 0 Å². The minimum Gasteiger partial charge on any atom is -0.355 e. The highest BCUT2D eigenvalue weighted by Gasteiger charge is 2.16. The Balaban J connectivity index is 2.72. The third-order valence-electron chi connectivity index (χ3n) is 2.20. The zero-order valence-electron chi connectivity index (χ0n) is 8.36. The van der Waals surface area contributed by atoms with Crippen molar-refractivity contribution in [3.8, 4) is 0 Å². The number of hydrogen-bond donors (Lipinski definition) is 0. The van der Waals surface area contributed by atoms with E-state index in [0.29, 0.717) is 0 Å². The van der Waals surface area contributed by atoms with Crippen LogP contribution in [0.1, 0.15) is 18.4 Å². The molecule has 2 nitrogen and oxygen atoms in total. The van der Waals surface area contributed by atoms with Crippen LogP contribution in [0.5, 0.6) is 0 Å². The van der Waals surface area contributed by atoms with Gasteiger partial charge in [-0.25, -0.2) is 0 Å². The first kappa shape index (κ1) is 10.2. The molecule has 1 aromatic rings. The molecule has 0 unspecified atom stereocenters. The molecule has 0 bridgehead atoms. The largest absolute Gasteiger partial charge is 0.355 e. The molecule has 0 aliphatic heterocycles. The van der Waals surface area contributed by atoms with Crippen molar-refractivity contribution in [3.63, 3.8) is 0 Å². The average Bonchev–Trinajstić information content (AvgIpc) is 2.21. The lowest BCUT2D eigenvalue weighted by molar-refractivity contribution is -0.115. The van der Waals surface area contributed by atoms with Crippen LogP contribution in [0.3, 0.4) is 0 Å². The maximum atomic E-state index is 5.19. The van der Waals surface area contributed by atoms with Crippen molar-refractivity contribution in [2.75, 3.05) is 14.2 Å². The second-order valence-electron chi connectivity index (χ2n) is 3.04. The maximum absolute atomic E-state index is 5.19. The maximum Gasteiger partial charge on any atom is 0.163 e. The van der Waals surface area contributed by atoms with Crippen molar-refractivity contribution < 1.29 is 9.47 Å². The third kappa shape index (κ3) is 2.54. The second kappa shape index (κ2) is 5.00. The van der Waals surface area contributed by atoms with Gasteiger partial charge in [0.15, 0.2) is 6.29 Å². The third-order valence-corrected chi connectivity index (χ3v) is 2.20. The highest BCUT2D eigenvalue weighted by molar-refractivity contribution is 5.19. The number of methoxy groups -OCH3 is 2. The topological polar surface area (TPSA) is 18.5 Å². The van der Waals surface area contributed by atoms with Crippen LogP contribution in [-0.4, -0.2) is 20.5 Å². The van der Waals surface area contributed by atoms with E-state index >= 15 is 0 Å². The lowest BCUT2D eigenvalue weighted by atomic mass is 10.0. The molecule has 0 aliphatic carbocycles. The summed E-state index contributed by atoms with van der Waals surface area (Å²) in [5, 5.41) is 0. The molecule has 0 aromatic heterocycles. The Kier molecular flexibility index (Phi) is 3.93. The van der Waals surface area contributed by atoms with Gasteiger partial charge >= 0.3 is 0 Å². The lowest BCUT2D eigenvalue weighted by Gasteiger charge is -2.21. The van der Waals surface area contributed by atoms with Gasteiger partial charge in [-0.2, -0.15) is 0 Å². The van der Waals surface area contributed by atoms with Gasteiger partial charge in [0.05, 0.1) is 0 Å². The SMILES string of the molecule is COC(OC)[C@H](C)c1ccccc1. The van der Waals surface area contributed by atoms with Crippen molar-refractivity contribution >= 4 is 0 Å². The molecule has 13 heavy (non-hydrogen) atoms. The van der Waals surface area contributed by atoms with E-state index in [2.05, 4.69) is 19.1 Å². The summed E-state index contributed by atoms with van der Waals surface area (Å²) in [4.78, 5) is 0. The van der Waals surface area contributed by atoms with E-state index in [1.165, 1.54) is 5.56 Å². The van der Waals surface area contributed by atoms with Gasteiger partial charge in [-0.15, -0.1) is 0 Å². The molecule has 0 radical (unpaired) electrons. The fourth-order valence-corrected chi connectivity index (χ4v) is 1.42. The molecule has 0 saturated heterocycles. The first-order valence-electron chi connectivity index (χ1n) is 4.40. The monoisotopic (exact) mass is 180 g/mol. The zero-order chi connectivity index (χ0) is 9.68. The minimum absolute atomic E-state index is 0.164. The molecule has 0 N–H and O–H groups in total. The highest BCUT2D eigenvalue weighted by atomic mass is 16.7. The molecular formula is C11H16O2. The Hall–Kier alpha value is -0.860. The molecule has 1 aromatic carbocycles. The summed E-state index contributed by atoms with van der Waals surface area (Å²) in [6.07, 6.45) is -0.164. The van der Waals surface area contributed by atoms with E-state index in [-0.39, 0.29) is 12.2 Å². The smallest absolute Gasteiger partial charge is 0.163 e. The number of hydrogen-bond acceptors (Lipinski definition) is 2. The van der Waals surface area contributed by atoms with Gasteiger partial charge in [-0.1, -0.05) is 37.3 Å². The fourth-order valence-electron chi connectivity index (χ4n) is 1.42. The van der Waals surface area contributed by atoms with Gasteiger partial charge in [0.1, 0.15) is 0 Å². The number of ether oxygens (including phenoxy) is 2. The van der Waals surface area contributed by atoms with E-state index in [1.807, 2.05) is 18.2 Å². The van der Waals surface area contributed by atoms with Crippen LogP contribution in [0.4, 0.5) is 0 Å². The Morgan fingerprint density at radius 1 is 1.00 bits per heavy atom. The van der Waals surface area contributed by atoms with Gasteiger partial charge in [0.2, 0.25) is 0 Å². The summed E-state index contributed by atoms with van der Waals surface area (Å²) in [5.41, 5.74) is 1.23. The fraction of sp³-hybridized carbons (Fsp3) is 0.455. The Bertz CT molecular complexity index is 229. The van der Waals surface area contributed by atoms with E-state index in [9.17, 15) is 0 Å². The number of benzene rings is 1. The Labute approximate surface area is 79.5 Å². The summed E-state index contributed by atoms with van der Waals surface area (Å²) < 4.78 is 10.4. The predicted molar refractivity (Wildman–Crippen MR) is 52.7 cm³/mol. The molecule has 2 heteroatoms. The van der Waals surface area contributed by atoms with Crippen molar-refractivity contribution in [2.45, 2.75) is 19.1 Å². The first-order valence-corrected chi connectivity index (χ1v) is 4.40. The molecule has 0 saturated carbocycles. The van der Waals surface area contributed by atoms with E-state index in [1.54, 1.807) is 14.2 Å². The molecule has 0 fully saturated rings. The summed E-state index contributed by atoms with van der Waals surface area (Å²) in [5.74, 6) is 0.260. The predicted octanol–water partition coefficient (Wildman–Crippen LogP) is 2.41. The van der Waals surface area contributed by atoms with Crippen LogP contribution in [0.15, 0.2) is 30.3 Å². The van der Waals surface area contributed by atoms with Crippen molar-refractivity contribution in [2.24, 2.45) is 0 Å². The van der Waals surface area contributed by atoms with Crippen LogP contribution in [-0.2, 0) is 9.47 Å². The van der Waals surface area contributed by atoms with Crippen LogP contribution in [0.25, 0.3) is 0 Å². The molecular weight excluding hydrogens is 164 g/mol. The quantitative estimate of drug-likeness (QED) is 0.662. The summed E-state index contributed by atoms with van der Waals surface area (Å²) in [6, 6.07) is 10.2. The molecule has 1 atom stereocenters. The van der Waals surface area contributed by atoms with Crippen molar-refractivity contribution in [1.29, 1.82) is 0 Å². The van der Waals surface area contributed by atoms with Gasteiger partial charge in [-0.05, 0) is 5.56 Å². The normalized spacial score (nSPS) is 13.2. The van der Waals surface area contributed by atoms with E-state index in [4.69, 9.17) is 9.47 Å². The van der Waals surface area contributed by atoms with Crippen LogP contribution >= 0.6 is 0 Å². The van der Waals surface area contributed by atoms with Gasteiger partial charge < -0.3 is 9.47 Å². The Morgan fingerprint density at radius 3 is 2.00 bits per heavy atom. The van der Waals surface area contributed by atoms with Gasteiger partial charge in [0, 0.05) is 20.1 Å². The standard InChI is InChI=1S/C11H16O2/c1-9(11(12-2)13-3)10-7-5-4-6-8-10/h4-9,11H,1-3H3/t9-/m1/s1. The minimum atomic E-state index is -0.164. The summed E-state index contributed by atoms with van der Waals surface area (Å²) in [6.45, 7) is 2.09. The van der Waals surface area contributed by atoms with Gasteiger partial charge in [0.25, 0.3) is 0 Å². The van der Waals surface area contributed by atoms with Crippen LogP contribution in [0, 0.1) is 0 Å². The summed E-state index contributed by atoms with van der Waals surface area (Å²) in [7, 11) is 3.32. The van der Waals surface area contributed by atoms with E-state index in [0.717, 1.165) is 0 Å². The first-order chi connectivity index (χ1) is 6.29. The molecule has 1 rings (SSSR count). The van der Waals surface area contributed by atoms with Crippen LogP contribution < -0.4 is 0 Å².